The van der Waals surface area contributed by atoms with Gasteiger partial charge < -0.3 is 10.6 Å². The molecule has 0 saturated heterocycles. The molecule has 0 aliphatic carbocycles. The summed E-state index contributed by atoms with van der Waals surface area (Å²) in [5.74, 6) is 2.32. The molecule has 1 aromatic rings. The number of hydrogen-bond acceptors (Lipinski definition) is 5. The zero-order valence-electron chi connectivity index (χ0n) is 9.29. The lowest BCUT2D eigenvalue weighted by atomic mass is 10.5. The van der Waals surface area contributed by atoms with Crippen molar-refractivity contribution in [3.8, 4) is 0 Å². The maximum atomic E-state index is 11.2. The van der Waals surface area contributed by atoms with Gasteiger partial charge >= 0.3 is 0 Å². The quantitative estimate of drug-likeness (QED) is 0.810. The fourth-order valence-electron chi connectivity index (χ4n) is 1.04. The van der Waals surface area contributed by atoms with Gasteiger partial charge in [-0.1, -0.05) is 18.5 Å². The summed E-state index contributed by atoms with van der Waals surface area (Å²) in [6, 6.07) is 0. The molecule has 1 unspecified atom stereocenters. The van der Waals surface area contributed by atoms with Gasteiger partial charge in [0.15, 0.2) is 5.82 Å². The van der Waals surface area contributed by atoms with Crippen LogP contribution in [0.25, 0.3) is 0 Å². The Morgan fingerprint density at radius 1 is 1.56 bits per heavy atom. The van der Waals surface area contributed by atoms with Crippen molar-refractivity contribution in [2.75, 3.05) is 35.7 Å². The molecular weight excluding hydrogens is 248 g/mol. The van der Waals surface area contributed by atoms with E-state index in [0.717, 1.165) is 0 Å². The number of nitrogens with one attached hydrogen (secondary N) is 2. The van der Waals surface area contributed by atoms with E-state index in [4.69, 9.17) is 11.6 Å². The van der Waals surface area contributed by atoms with Crippen LogP contribution in [0.3, 0.4) is 0 Å². The highest BCUT2D eigenvalue weighted by Gasteiger charge is 2.04. The van der Waals surface area contributed by atoms with E-state index in [2.05, 4.69) is 20.6 Å². The lowest BCUT2D eigenvalue weighted by Gasteiger charge is -2.07. The Hall–Kier alpha value is -0.880. The molecule has 0 fully saturated rings. The lowest BCUT2D eigenvalue weighted by molar-refractivity contribution is 0.684. The molecule has 0 bridgehead atoms. The van der Waals surface area contributed by atoms with E-state index < -0.39 is 10.8 Å². The molecule has 7 heteroatoms. The molecule has 1 heterocycles. The molecule has 90 valence electrons. The van der Waals surface area contributed by atoms with Crippen LogP contribution < -0.4 is 10.6 Å². The molecule has 0 radical (unpaired) electrons. The molecule has 0 aliphatic heterocycles. The lowest BCUT2D eigenvalue weighted by Crippen LogP contribution is -2.13. The highest BCUT2D eigenvalue weighted by atomic mass is 35.5. The van der Waals surface area contributed by atoms with Crippen molar-refractivity contribution in [1.82, 2.24) is 9.97 Å². The van der Waals surface area contributed by atoms with Crippen LogP contribution in [0, 0.1) is 0 Å². The van der Waals surface area contributed by atoms with Crippen molar-refractivity contribution in [3.05, 3.63) is 11.2 Å². The average Bonchev–Trinajstić information content (AvgIpc) is 2.31. The Balaban J connectivity index is 2.55. The number of nitrogens with zero attached hydrogens (tertiary/aromatic N) is 2. The van der Waals surface area contributed by atoms with Crippen molar-refractivity contribution < 1.29 is 4.21 Å². The monoisotopic (exact) mass is 262 g/mol. The summed E-state index contributed by atoms with van der Waals surface area (Å²) in [6.07, 6.45) is 1.53. The van der Waals surface area contributed by atoms with Crippen LogP contribution in [0.4, 0.5) is 11.8 Å². The minimum Gasteiger partial charge on any atom is -0.368 e. The maximum absolute atomic E-state index is 11.2. The highest BCUT2D eigenvalue weighted by molar-refractivity contribution is 7.84. The Labute approximate surface area is 102 Å². The molecule has 0 aromatic carbocycles. The topological polar surface area (TPSA) is 66.9 Å². The Morgan fingerprint density at radius 3 is 2.94 bits per heavy atom. The van der Waals surface area contributed by atoms with Crippen LogP contribution in [0.2, 0.25) is 5.02 Å². The first-order chi connectivity index (χ1) is 7.67. The van der Waals surface area contributed by atoms with Gasteiger partial charge in [0.05, 0.1) is 6.20 Å². The summed E-state index contributed by atoms with van der Waals surface area (Å²) in [4.78, 5) is 8.11. The third-order valence-corrected chi connectivity index (χ3v) is 3.49. The molecule has 0 spiro atoms. The minimum absolute atomic E-state index is 0.460. The highest BCUT2D eigenvalue weighted by Crippen LogP contribution is 2.18. The molecule has 5 nitrogen and oxygen atoms in total. The number of hydrogen-bond donors (Lipinski definition) is 2. The minimum atomic E-state index is -0.779. The SMILES string of the molecule is CCS(=O)CCNc1nc(NC)ncc1Cl. The normalized spacial score (nSPS) is 12.2. The van der Waals surface area contributed by atoms with Gasteiger partial charge in [0.2, 0.25) is 5.95 Å². The Kier molecular flexibility index (Phi) is 5.48. The van der Waals surface area contributed by atoms with Gasteiger partial charge in [-0.3, -0.25) is 4.21 Å². The summed E-state index contributed by atoms with van der Waals surface area (Å²) < 4.78 is 11.2. The first-order valence-electron chi connectivity index (χ1n) is 4.96. The summed E-state index contributed by atoms with van der Waals surface area (Å²) in [6.45, 7) is 2.48. The Bertz CT molecular complexity index is 375. The van der Waals surface area contributed by atoms with Gasteiger partial charge in [0.1, 0.15) is 5.02 Å². The molecule has 16 heavy (non-hydrogen) atoms. The second-order valence-corrected chi connectivity index (χ2v) is 5.27. The second-order valence-electron chi connectivity index (χ2n) is 3.00. The summed E-state index contributed by atoms with van der Waals surface area (Å²) >= 11 is 5.91. The summed E-state index contributed by atoms with van der Waals surface area (Å²) in [5, 5.41) is 6.32. The second kappa shape index (κ2) is 6.65. The van der Waals surface area contributed by atoms with E-state index >= 15 is 0 Å². The first-order valence-corrected chi connectivity index (χ1v) is 6.83. The fraction of sp³-hybridized carbons (Fsp3) is 0.556. The van der Waals surface area contributed by atoms with Gasteiger partial charge in [-0.15, -0.1) is 0 Å². The van der Waals surface area contributed by atoms with Gasteiger partial charge in [-0.05, 0) is 0 Å². The van der Waals surface area contributed by atoms with Crippen LogP contribution in [0.15, 0.2) is 6.20 Å². The number of halogens is 1. The molecule has 0 amide bonds. The van der Waals surface area contributed by atoms with Crippen LogP contribution in [0.1, 0.15) is 6.92 Å². The van der Waals surface area contributed by atoms with Gasteiger partial charge in [-0.2, -0.15) is 4.98 Å². The van der Waals surface area contributed by atoms with Crippen LogP contribution in [0.5, 0.6) is 0 Å². The van der Waals surface area contributed by atoms with Crippen molar-refractivity contribution in [1.29, 1.82) is 0 Å². The van der Waals surface area contributed by atoms with E-state index in [1.165, 1.54) is 6.20 Å². The number of aromatic nitrogens is 2. The summed E-state index contributed by atoms with van der Waals surface area (Å²) in [5.41, 5.74) is 0. The maximum Gasteiger partial charge on any atom is 0.224 e. The van der Waals surface area contributed by atoms with Crippen LogP contribution in [-0.4, -0.2) is 39.3 Å². The smallest absolute Gasteiger partial charge is 0.224 e. The van der Waals surface area contributed by atoms with Gasteiger partial charge in [0.25, 0.3) is 0 Å². The summed E-state index contributed by atoms with van der Waals surface area (Å²) in [7, 11) is 0.956. The van der Waals surface area contributed by atoms with E-state index in [-0.39, 0.29) is 0 Å². The molecule has 2 N–H and O–H groups in total. The number of rotatable bonds is 6. The van der Waals surface area contributed by atoms with Crippen molar-refractivity contribution in [3.63, 3.8) is 0 Å². The van der Waals surface area contributed by atoms with E-state index in [0.29, 0.717) is 34.8 Å². The van der Waals surface area contributed by atoms with Crippen LogP contribution in [-0.2, 0) is 10.8 Å². The Morgan fingerprint density at radius 2 is 2.31 bits per heavy atom. The predicted molar refractivity (Wildman–Crippen MR) is 68.6 cm³/mol. The van der Waals surface area contributed by atoms with Crippen molar-refractivity contribution in [2.24, 2.45) is 0 Å². The molecule has 1 atom stereocenters. The predicted octanol–water partition coefficient (Wildman–Crippen LogP) is 1.35. The van der Waals surface area contributed by atoms with E-state index in [1.54, 1.807) is 7.05 Å². The van der Waals surface area contributed by atoms with Gasteiger partial charge in [0, 0.05) is 35.9 Å². The van der Waals surface area contributed by atoms with E-state index in [9.17, 15) is 4.21 Å². The van der Waals surface area contributed by atoms with Crippen molar-refractivity contribution >= 4 is 34.2 Å². The molecule has 0 saturated carbocycles. The molecule has 0 aliphatic rings. The largest absolute Gasteiger partial charge is 0.368 e. The van der Waals surface area contributed by atoms with Crippen LogP contribution >= 0.6 is 11.6 Å². The third-order valence-electron chi connectivity index (χ3n) is 1.91. The third kappa shape index (κ3) is 3.94. The zero-order chi connectivity index (χ0) is 12.0. The zero-order valence-corrected chi connectivity index (χ0v) is 10.9. The first kappa shape index (κ1) is 13.2. The van der Waals surface area contributed by atoms with Gasteiger partial charge in [-0.25, -0.2) is 4.98 Å². The van der Waals surface area contributed by atoms with Crippen molar-refractivity contribution in [2.45, 2.75) is 6.92 Å². The standard InChI is InChI=1S/C9H15ClN4OS/c1-3-16(15)5-4-12-8-7(10)6-13-9(11-2)14-8/h6H,3-5H2,1-2H3,(H2,11,12,13,14). The average molecular weight is 263 g/mol. The number of anilines is 2. The molecule has 1 aromatic heterocycles. The molecular formula is C9H15ClN4OS. The fourth-order valence-corrected chi connectivity index (χ4v) is 1.82. The van der Waals surface area contributed by atoms with E-state index in [1.807, 2.05) is 6.92 Å². The molecule has 1 rings (SSSR count).